The third kappa shape index (κ3) is 4.06. The number of hydrogen-bond donors (Lipinski definition) is 1. The minimum absolute atomic E-state index is 0.00188. The second-order valence-electron chi connectivity index (χ2n) is 6.86. The quantitative estimate of drug-likeness (QED) is 0.633. The third-order valence-electron chi connectivity index (χ3n) is 4.83. The second kappa shape index (κ2) is 8.27. The molecule has 1 aromatic heterocycles. The smallest absolute Gasteiger partial charge is 0.343 e. The molecule has 1 atom stereocenters. The Morgan fingerprint density at radius 1 is 1.27 bits per heavy atom. The number of anilines is 1. The fourth-order valence-electron chi connectivity index (χ4n) is 3.24. The number of aromatic nitrogens is 2. The van der Waals surface area contributed by atoms with E-state index in [1.165, 1.54) is 27.9 Å². The van der Waals surface area contributed by atoms with Crippen LogP contribution in [-0.2, 0) is 11.2 Å². The van der Waals surface area contributed by atoms with E-state index in [1.807, 2.05) is 6.07 Å². The van der Waals surface area contributed by atoms with Crippen LogP contribution in [0.5, 0.6) is 5.75 Å². The van der Waals surface area contributed by atoms with E-state index in [1.54, 1.807) is 37.4 Å². The van der Waals surface area contributed by atoms with Crippen molar-refractivity contribution < 1.29 is 18.7 Å². The van der Waals surface area contributed by atoms with Gasteiger partial charge < -0.3 is 15.0 Å². The zero-order valence-electron chi connectivity index (χ0n) is 16.0. The molecule has 1 N–H and O–H groups in total. The fraction of sp³-hybridized carbons (Fsp3) is 0.190. The zero-order chi connectivity index (χ0) is 21.3. The Morgan fingerprint density at radius 2 is 2.03 bits per heavy atom. The van der Waals surface area contributed by atoms with Gasteiger partial charge in [0.1, 0.15) is 24.2 Å². The molecule has 0 saturated heterocycles. The van der Waals surface area contributed by atoms with E-state index >= 15 is 0 Å². The molecular formula is C21H18BrFN4O3. The first-order valence-electron chi connectivity index (χ1n) is 9.20. The standard InChI is InChI=1S/C21H18BrFN4O3/c1-26-18-11-14(22)4-7-19(18)30-12-17(20(26)28)25-21(29)27-16(8-9-24-27)10-13-2-5-15(23)6-3-13/h2-9,11,17H,10,12H2,1H3,(H,25,29)/t17-/m1/s1. The molecule has 9 heteroatoms. The molecule has 4 rings (SSSR count). The molecule has 0 bridgehead atoms. The monoisotopic (exact) mass is 472 g/mol. The number of likely N-dealkylation sites (N-methyl/N-ethyl adjacent to an activating group) is 1. The van der Waals surface area contributed by atoms with Crippen LogP contribution in [0.2, 0.25) is 0 Å². The summed E-state index contributed by atoms with van der Waals surface area (Å²) < 4.78 is 20.9. The van der Waals surface area contributed by atoms with E-state index in [2.05, 4.69) is 26.3 Å². The maximum Gasteiger partial charge on any atom is 0.343 e. The first kappa shape index (κ1) is 20.1. The molecule has 0 aliphatic carbocycles. The van der Waals surface area contributed by atoms with Crippen LogP contribution in [0.3, 0.4) is 0 Å². The Morgan fingerprint density at radius 3 is 2.80 bits per heavy atom. The van der Waals surface area contributed by atoms with Crippen molar-refractivity contribution in [3.05, 3.63) is 76.3 Å². The fourth-order valence-corrected chi connectivity index (χ4v) is 3.59. The molecule has 154 valence electrons. The molecule has 0 unspecified atom stereocenters. The van der Waals surface area contributed by atoms with Gasteiger partial charge in [0, 0.05) is 24.1 Å². The number of amides is 2. The molecule has 7 nitrogen and oxygen atoms in total. The van der Waals surface area contributed by atoms with Gasteiger partial charge >= 0.3 is 6.03 Å². The number of rotatable bonds is 3. The Kier molecular flexibility index (Phi) is 5.54. The van der Waals surface area contributed by atoms with Gasteiger partial charge in [-0.15, -0.1) is 0 Å². The van der Waals surface area contributed by atoms with Crippen LogP contribution in [0.1, 0.15) is 11.3 Å². The molecule has 0 fully saturated rings. The SMILES string of the molecule is CN1C(=O)[C@H](NC(=O)n2nccc2Cc2ccc(F)cc2)COc2ccc(Br)cc21. The maximum absolute atomic E-state index is 13.1. The molecule has 0 radical (unpaired) electrons. The Hall–Kier alpha value is -3.20. The van der Waals surface area contributed by atoms with E-state index in [0.717, 1.165) is 10.0 Å². The highest BCUT2D eigenvalue weighted by Gasteiger charge is 2.31. The van der Waals surface area contributed by atoms with Crippen LogP contribution in [-0.4, -0.2) is 41.4 Å². The summed E-state index contributed by atoms with van der Waals surface area (Å²) in [6.07, 6.45) is 1.89. The number of benzene rings is 2. The average molecular weight is 473 g/mol. The van der Waals surface area contributed by atoms with E-state index in [-0.39, 0.29) is 18.3 Å². The van der Waals surface area contributed by atoms with E-state index in [4.69, 9.17) is 4.74 Å². The summed E-state index contributed by atoms with van der Waals surface area (Å²) in [7, 11) is 1.63. The van der Waals surface area contributed by atoms with Gasteiger partial charge in [-0.1, -0.05) is 28.1 Å². The van der Waals surface area contributed by atoms with Crippen molar-refractivity contribution in [3.63, 3.8) is 0 Å². The van der Waals surface area contributed by atoms with Gasteiger partial charge in [-0.25, -0.2) is 9.18 Å². The van der Waals surface area contributed by atoms with Gasteiger partial charge in [0.25, 0.3) is 5.91 Å². The number of nitrogens with one attached hydrogen (secondary N) is 1. The second-order valence-corrected chi connectivity index (χ2v) is 7.78. The number of nitrogens with zero attached hydrogens (tertiary/aromatic N) is 3. The van der Waals surface area contributed by atoms with E-state index < -0.39 is 12.1 Å². The molecule has 1 aliphatic heterocycles. The van der Waals surface area contributed by atoms with Crippen molar-refractivity contribution >= 4 is 33.6 Å². The topological polar surface area (TPSA) is 76.5 Å². The summed E-state index contributed by atoms with van der Waals surface area (Å²) in [5.74, 6) is -0.0663. The first-order chi connectivity index (χ1) is 14.4. The molecule has 2 amide bonds. The highest BCUT2D eigenvalue weighted by atomic mass is 79.9. The van der Waals surface area contributed by atoms with Crippen molar-refractivity contribution in [1.29, 1.82) is 0 Å². The molecular weight excluding hydrogens is 455 g/mol. The lowest BCUT2D eigenvalue weighted by Gasteiger charge is -2.20. The van der Waals surface area contributed by atoms with Crippen LogP contribution < -0.4 is 15.0 Å². The summed E-state index contributed by atoms with van der Waals surface area (Å²) in [5, 5.41) is 6.77. The highest BCUT2D eigenvalue weighted by molar-refractivity contribution is 9.10. The molecule has 0 spiro atoms. The maximum atomic E-state index is 13.1. The number of ether oxygens (including phenoxy) is 1. The highest BCUT2D eigenvalue weighted by Crippen LogP contribution is 2.33. The van der Waals surface area contributed by atoms with Crippen LogP contribution in [0.25, 0.3) is 0 Å². The Bertz CT molecular complexity index is 1100. The molecule has 30 heavy (non-hydrogen) atoms. The number of carbonyl (C=O) groups is 2. The van der Waals surface area contributed by atoms with Crippen LogP contribution in [0, 0.1) is 5.82 Å². The largest absolute Gasteiger partial charge is 0.489 e. The lowest BCUT2D eigenvalue weighted by Crippen LogP contribution is -2.50. The minimum atomic E-state index is -0.878. The molecule has 0 saturated carbocycles. The predicted molar refractivity (Wildman–Crippen MR) is 112 cm³/mol. The van der Waals surface area contributed by atoms with Crippen molar-refractivity contribution in [1.82, 2.24) is 15.1 Å². The van der Waals surface area contributed by atoms with E-state index in [9.17, 15) is 14.0 Å². The lowest BCUT2D eigenvalue weighted by atomic mass is 10.1. The zero-order valence-corrected chi connectivity index (χ0v) is 17.6. The molecule has 2 heterocycles. The Balaban J connectivity index is 1.50. The van der Waals surface area contributed by atoms with Crippen molar-refractivity contribution in [2.75, 3.05) is 18.6 Å². The Labute approximate surface area is 180 Å². The summed E-state index contributed by atoms with van der Waals surface area (Å²) >= 11 is 3.39. The third-order valence-corrected chi connectivity index (χ3v) is 5.32. The summed E-state index contributed by atoms with van der Waals surface area (Å²) in [6.45, 7) is -0.00188. The summed E-state index contributed by atoms with van der Waals surface area (Å²) in [5.41, 5.74) is 2.06. The van der Waals surface area contributed by atoms with E-state index in [0.29, 0.717) is 23.6 Å². The van der Waals surface area contributed by atoms with Crippen LogP contribution >= 0.6 is 15.9 Å². The lowest BCUT2D eigenvalue weighted by molar-refractivity contribution is -0.120. The molecule has 1 aliphatic rings. The van der Waals surface area contributed by atoms with Gasteiger partial charge in [0.2, 0.25) is 0 Å². The number of carbonyl (C=O) groups excluding carboxylic acids is 2. The average Bonchev–Trinajstić information content (AvgIpc) is 3.16. The van der Waals surface area contributed by atoms with Crippen LogP contribution in [0.4, 0.5) is 14.9 Å². The van der Waals surface area contributed by atoms with Gasteiger partial charge in [-0.05, 0) is 42.0 Å². The molecule has 2 aromatic carbocycles. The minimum Gasteiger partial charge on any atom is -0.489 e. The summed E-state index contributed by atoms with van der Waals surface area (Å²) in [4.78, 5) is 27.2. The normalized spacial score (nSPS) is 15.9. The van der Waals surface area contributed by atoms with Gasteiger partial charge in [-0.3, -0.25) is 4.79 Å². The van der Waals surface area contributed by atoms with Crippen molar-refractivity contribution in [2.45, 2.75) is 12.5 Å². The van der Waals surface area contributed by atoms with Gasteiger partial charge in [-0.2, -0.15) is 9.78 Å². The van der Waals surface area contributed by atoms with Gasteiger partial charge in [0.15, 0.2) is 0 Å². The number of fused-ring (bicyclic) bond motifs is 1. The van der Waals surface area contributed by atoms with Crippen LogP contribution in [0.15, 0.2) is 59.2 Å². The van der Waals surface area contributed by atoms with Crippen molar-refractivity contribution in [2.24, 2.45) is 0 Å². The van der Waals surface area contributed by atoms with Gasteiger partial charge in [0.05, 0.1) is 11.4 Å². The number of hydrogen-bond acceptors (Lipinski definition) is 4. The summed E-state index contributed by atoms with van der Waals surface area (Å²) in [6, 6.07) is 11.7. The number of halogens is 2. The predicted octanol–water partition coefficient (Wildman–Crippen LogP) is 3.36. The first-order valence-corrected chi connectivity index (χ1v) is 10.00. The molecule has 3 aromatic rings. The van der Waals surface area contributed by atoms with Crippen molar-refractivity contribution in [3.8, 4) is 5.75 Å².